The van der Waals surface area contributed by atoms with Crippen LogP contribution in [0.1, 0.15) is 63.7 Å². The van der Waals surface area contributed by atoms with Gasteiger partial charge < -0.3 is 9.47 Å². The fraction of sp³-hybridized carbons (Fsp3) is 0.500. The molecule has 0 spiro atoms. The molecule has 3 rings (SSSR count). The summed E-state index contributed by atoms with van der Waals surface area (Å²) in [6, 6.07) is 9.71. The van der Waals surface area contributed by atoms with Crippen molar-refractivity contribution in [3.05, 3.63) is 67.2 Å². The topological polar surface area (TPSA) is 79.5 Å². The predicted molar refractivity (Wildman–Crippen MR) is 136 cm³/mol. The second-order valence-electron chi connectivity index (χ2n) is 9.64. The summed E-state index contributed by atoms with van der Waals surface area (Å²) in [5.74, 6) is -0.626. The van der Waals surface area contributed by atoms with Gasteiger partial charge in [-0.05, 0) is 59.1 Å². The second kappa shape index (κ2) is 10.3. The van der Waals surface area contributed by atoms with Crippen LogP contribution in [-0.4, -0.2) is 26.8 Å². The van der Waals surface area contributed by atoms with Crippen molar-refractivity contribution in [2.75, 3.05) is 0 Å². The van der Waals surface area contributed by atoms with Gasteiger partial charge in [-0.1, -0.05) is 37.3 Å². The highest BCUT2D eigenvalue weighted by Gasteiger charge is 2.25. The number of aryl methyl sites for hydroxylation is 2. The summed E-state index contributed by atoms with van der Waals surface area (Å²) >= 11 is 1.45. The molecular formula is C26H34N2O5S. The Morgan fingerprint density at radius 3 is 2.29 bits per heavy atom. The van der Waals surface area contributed by atoms with Gasteiger partial charge in [-0.3, -0.25) is 14.2 Å². The van der Waals surface area contributed by atoms with E-state index in [1.807, 2.05) is 58.0 Å². The molecule has 0 saturated carbocycles. The second-order valence-corrected chi connectivity index (χ2v) is 10.7. The number of thiophene rings is 1. The third-order valence-corrected chi connectivity index (χ3v) is 6.84. The number of carbonyl (C=O) groups is 1. The molecule has 0 amide bonds. The standard InChI is InChI=1S/C26H34N2O5S/c1-8-20-17(4)22-23(30)27(15-21(29)33-26(5,6)7)25(31)28(24(22)34-20)14-19(32-16(2)3)18-12-10-9-11-13-18/h9-13,16,19H,8,14-15H2,1-7H3/t19-/m0/s1. The Kier molecular flexibility index (Phi) is 7.83. The number of rotatable bonds is 8. The van der Waals surface area contributed by atoms with Crippen molar-refractivity contribution < 1.29 is 14.3 Å². The van der Waals surface area contributed by atoms with Gasteiger partial charge >= 0.3 is 11.7 Å². The van der Waals surface area contributed by atoms with Crippen LogP contribution in [0.4, 0.5) is 0 Å². The quantitative estimate of drug-likeness (QED) is 0.435. The van der Waals surface area contributed by atoms with E-state index in [2.05, 4.69) is 0 Å². The van der Waals surface area contributed by atoms with E-state index in [0.29, 0.717) is 10.2 Å². The lowest BCUT2D eigenvalue weighted by Crippen LogP contribution is -2.43. The molecule has 8 heteroatoms. The first-order valence-corrected chi connectivity index (χ1v) is 12.4. The van der Waals surface area contributed by atoms with Crippen LogP contribution in [-0.2, 0) is 33.8 Å². The summed E-state index contributed by atoms with van der Waals surface area (Å²) in [5, 5.41) is 0.473. The maximum Gasteiger partial charge on any atom is 0.332 e. The van der Waals surface area contributed by atoms with E-state index in [-0.39, 0.29) is 12.6 Å². The number of aromatic nitrogens is 2. The van der Waals surface area contributed by atoms with E-state index in [9.17, 15) is 14.4 Å². The van der Waals surface area contributed by atoms with Crippen LogP contribution in [0.3, 0.4) is 0 Å². The van der Waals surface area contributed by atoms with Crippen molar-refractivity contribution >= 4 is 27.5 Å². The molecule has 0 radical (unpaired) electrons. The van der Waals surface area contributed by atoms with Gasteiger partial charge in [0.15, 0.2) is 0 Å². The maximum atomic E-state index is 13.6. The van der Waals surface area contributed by atoms with Crippen LogP contribution in [0, 0.1) is 6.92 Å². The molecule has 0 aliphatic heterocycles. The molecule has 0 saturated heterocycles. The zero-order valence-electron chi connectivity index (χ0n) is 21.0. The van der Waals surface area contributed by atoms with Crippen LogP contribution in [0.25, 0.3) is 10.2 Å². The monoisotopic (exact) mass is 486 g/mol. The van der Waals surface area contributed by atoms with Crippen molar-refractivity contribution in [1.82, 2.24) is 9.13 Å². The van der Waals surface area contributed by atoms with Crippen LogP contribution in [0.15, 0.2) is 39.9 Å². The van der Waals surface area contributed by atoms with Crippen molar-refractivity contribution in [2.24, 2.45) is 0 Å². The largest absolute Gasteiger partial charge is 0.459 e. The minimum absolute atomic E-state index is 0.0691. The molecular weight excluding hydrogens is 452 g/mol. The molecule has 0 bridgehead atoms. The summed E-state index contributed by atoms with van der Waals surface area (Å²) in [6.07, 6.45) is 0.276. The van der Waals surface area contributed by atoms with Crippen molar-refractivity contribution in [2.45, 2.75) is 85.8 Å². The lowest BCUT2D eigenvalue weighted by atomic mass is 10.1. The summed E-state index contributed by atoms with van der Waals surface area (Å²) in [7, 11) is 0. The Balaban J connectivity index is 2.20. The predicted octanol–water partition coefficient (Wildman–Crippen LogP) is 4.60. The number of esters is 1. The minimum atomic E-state index is -0.721. The zero-order valence-corrected chi connectivity index (χ0v) is 21.8. The molecule has 3 aromatic rings. The Morgan fingerprint density at radius 1 is 1.09 bits per heavy atom. The molecule has 2 heterocycles. The van der Waals surface area contributed by atoms with Gasteiger partial charge in [-0.25, -0.2) is 9.36 Å². The average Bonchev–Trinajstić information content (AvgIpc) is 3.08. The molecule has 0 aliphatic carbocycles. The van der Waals surface area contributed by atoms with E-state index < -0.39 is 35.5 Å². The Morgan fingerprint density at radius 2 is 1.74 bits per heavy atom. The molecule has 0 unspecified atom stereocenters. The number of benzene rings is 1. The van der Waals surface area contributed by atoms with Gasteiger partial charge in [0.2, 0.25) is 0 Å². The van der Waals surface area contributed by atoms with Crippen molar-refractivity contribution in [3.63, 3.8) is 0 Å². The van der Waals surface area contributed by atoms with Crippen LogP contribution in [0.5, 0.6) is 0 Å². The highest BCUT2D eigenvalue weighted by Crippen LogP contribution is 2.30. The van der Waals surface area contributed by atoms with E-state index in [1.54, 1.807) is 25.3 Å². The Labute approximate surface area is 203 Å². The number of fused-ring (bicyclic) bond motifs is 1. The molecule has 7 nitrogen and oxygen atoms in total. The minimum Gasteiger partial charge on any atom is -0.459 e. The number of nitrogens with zero attached hydrogens (tertiary/aromatic N) is 2. The van der Waals surface area contributed by atoms with Crippen molar-refractivity contribution in [1.29, 1.82) is 0 Å². The molecule has 34 heavy (non-hydrogen) atoms. The summed E-state index contributed by atoms with van der Waals surface area (Å²) in [6.45, 7) is 12.8. The third-order valence-electron chi connectivity index (χ3n) is 5.38. The first kappa shape index (κ1) is 25.9. The highest BCUT2D eigenvalue weighted by atomic mass is 32.1. The number of hydrogen-bond donors (Lipinski definition) is 0. The van der Waals surface area contributed by atoms with Gasteiger partial charge in [0.25, 0.3) is 5.56 Å². The van der Waals surface area contributed by atoms with Crippen molar-refractivity contribution in [3.8, 4) is 0 Å². The van der Waals surface area contributed by atoms with Crippen LogP contribution in [0.2, 0.25) is 0 Å². The number of hydrogen-bond acceptors (Lipinski definition) is 6. The molecule has 1 atom stereocenters. The third kappa shape index (κ3) is 5.67. The fourth-order valence-corrected chi connectivity index (χ4v) is 5.21. The fourth-order valence-electron chi connectivity index (χ4n) is 3.97. The first-order chi connectivity index (χ1) is 15.9. The zero-order chi connectivity index (χ0) is 25.2. The molecule has 1 aromatic carbocycles. The normalized spacial score (nSPS) is 12.9. The average molecular weight is 487 g/mol. The van der Waals surface area contributed by atoms with Crippen LogP contribution < -0.4 is 11.2 Å². The van der Waals surface area contributed by atoms with Gasteiger partial charge in [0.1, 0.15) is 23.1 Å². The van der Waals surface area contributed by atoms with E-state index in [0.717, 1.165) is 27.0 Å². The van der Waals surface area contributed by atoms with Crippen LogP contribution >= 0.6 is 11.3 Å². The van der Waals surface area contributed by atoms with Gasteiger partial charge in [0, 0.05) is 4.88 Å². The smallest absolute Gasteiger partial charge is 0.332 e. The molecule has 2 aromatic heterocycles. The Bertz CT molecular complexity index is 1280. The lowest BCUT2D eigenvalue weighted by Gasteiger charge is -2.23. The van der Waals surface area contributed by atoms with Gasteiger partial charge in [0.05, 0.1) is 18.0 Å². The van der Waals surface area contributed by atoms with Gasteiger partial charge in [-0.2, -0.15) is 0 Å². The molecule has 0 fully saturated rings. The van der Waals surface area contributed by atoms with Gasteiger partial charge in [-0.15, -0.1) is 11.3 Å². The lowest BCUT2D eigenvalue weighted by molar-refractivity contribution is -0.155. The molecule has 184 valence electrons. The highest BCUT2D eigenvalue weighted by molar-refractivity contribution is 7.18. The SMILES string of the molecule is CCc1sc2c(c1C)c(=O)n(CC(=O)OC(C)(C)C)c(=O)n2C[C@H](OC(C)C)c1ccccc1. The summed E-state index contributed by atoms with van der Waals surface area (Å²) in [4.78, 5) is 41.2. The number of carbonyl (C=O) groups excluding carboxylic acids is 1. The first-order valence-electron chi connectivity index (χ1n) is 11.6. The maximum absolute atomic E-state index is 13.6. The number of ether oxygens (including phenoxy) is 2. The van der Waals surface area contributed by atoms with E-state index in [4.69, 9.17) is 9.47 Å². The summed E-state index contributed by atoms with van der Waals surface area (Å²) < 4.78 is 14.2. The van der Waals surface area contributed by atoms with E-state index in [1.165, 1.54) is 11.3 Å². The summed E-state index contributed by atoms with van der Waals surface area (Å²) in [5.41, 5.74) is 0.0589. The molecule has 0 aliphatic rings. The molecule has 0 N–H and O–H groups in total. The van der Waals surface area contributed by atoms with E-state index >= 15 is 0 Å². The Hall–Kier alpha value is -2.71.